The molecule has 0 aliphatic carbocycles. The summed E-state index contributed by atoms with van der Waals surface area (Å²) in [6, 6.07) is 16.3. The van der Waals surface area contributed by atoms with Crippen molar-refractivity contribution in [3.63, 3.8) is 0 Å². The van der Waals surface area contributed by atoms with E-state index in [1.165, 1.54) is 0 Å². The van der Waals surface area contributed by atoms with Gasteiger partial charge in [-0.15, -0.1) is 0 Å². The van der Waals surface area contributed by atoms with E-state index >= 15 is 0 Å². The Balaban J connectivity index is 2.32. The molecule has 0 aliphatic rings. The first-order chi connectivity index (χ1) is 24.1. The van der Waals surface area contributed by atoms with Crippen molar-refractivity contribution >= 4 is 14.5 Å². The first-order valence-corrected chi connectivity index (χ1v) is 20.8. The number of benzene rings is 4. The normalized spacial score (nSPS) is 13.0. The van der Waals surface area contributed by atoms with Crippen molar-refractivity contribution in [1.82, 2.24) is 0 Å². The first-order valence-electron chi connectivity index (χ1n) is 19.0. The minimum atomic E-state index is -2.98. The predicted molar refractivity (Wildman–Crippen MR) is 223 cm³/mol. The van der Waals surface area contributed by atoms with E-state index in [0.29, 0.717) is 22.3 Å². The molecule has 0 bridgehead atoms. The lowest BCUT2D eigenvalue weighted by atomic mass is 9.81. The number of hydrogen-bond acceptors (Lipinski definition) is 5. The molecular formula is C47H65AlO5. The zero-order chi connectivity index (χ0) is 40.3. The van der Waals surface area contributed by atoms with Gasteiger partial charge in [-0.1, -0.05) is 154 Å². The third-order valence-electron chi connectivity index (χ3n) is 10.6. The third-order valence-corrected chi connectivity index (χ3v) is 13.9. The molecule has 0 amide bonds. The molecule has 4 rings (SSSR count). The van der Waals surface area contributed by atoms with E-state index in [0.717, 1.165) is 44.5 Å². The number of hydrogen-bond donors (Lipinski definition) is 4. The largest absolute Gasteiger partial charge is 0.507 e. The van der Waals surface area contributed by atoms with Crippen molar-refractivity contribution in [3.05, 3.63) is 115 Å². The number of rotatable bonds is 7. The van der Waals surface area contributed by atoms with Crippen LogP contribution in [0.4, 0.5) is 0 Å². The summed E-state index contributed by atoms with van der Waals surface area (Å²) < 4.78 is 5.65. The topological polar surface area (TPSA) is 90.2 Å². The average molecular weight is 737 g/mol. The highest BCUT2D eigenvalue weighted by molar-refractivity contribution is 6.57. The van der Waals surface area contributed by atoms with E-state index in [9.17, 15) is 20.4 Å². The number of aryl methyl sites for hydroxylation is 4. The number of aromatic hydroxyl groups is 4. The van der Waals surface area contributed by atoms with Crippen LogP contribution < -0.4 is 0 Å². The first kappa shape index (κ1) is 42.3. The molecule has 4 aromatic rings. The van der Waals surface area contributed by atoms with E-state index in [4.69, 9.17) is 3.79 Å². The second kappa shape index (κ2) is 14.7. The summed E-state index contributed by atoms with van der Waals surface area (Å²) in [6.07, 6.45) is 0. The average Bonchev–Trinajstić information content (AvgIpc) is 3.00. The highest BCUT2D eigenvalue weighted by Gasteiger charge is 2.48. The fourth-order valence-electron chi connectivity index (χ4n) is 7.97. The molecule has 0 aliphatic heterocycles. The van der Waals surface area contributed by atoms with Gasteiger partial charge in [0.05, 0.1) is 0 Å². The summed E-state index contributed by atoms with van der Waals surface area (Å²) in [5.41, 5.74) is 8.35. The molecule has 0 radical (unpaired) electrons. The molecule has 4 aromatic carbocycles. The van der Waals surface area contributed by atoms with E-state index in [1.54, 1.807) is 7.11 Å². The quantitative estimate of drug-likeness (QED) is 0.142. The molecule has 0 unspecified atom stereocenters. The minimum absolute atomic E-state index is 0.173. The van der Waals surface area contributed by atoms with Gasteiger partial charge < -0.3 is 24.2 Å². The molecule has 286 valence electrons. The van der Waals surface area contributed by atoms with Crippen molar-refractivity contribution in [2.45, 2.75) is 142 Å². The van der Waals surface area contributed by atoms with Crippen LogP contribution in [0.3, 0.4) is 0 Å². The molecule has 5 nitrogen and oxygen atoms in total. The molecule has 6 heteroatoms. The summed E-state index contributed by atoms with van der Waals surface area (Å²) >= 11 is -2.98. The number of phenolic OH excluding ortho intramolecular Hbond substituents is 4. The molecule has 0 heterocycles. The zero-order valence-corrected chi connectivity index (χ0v) is 36.7. The lowest BCUT2D eigenvalue weighted by Crippen LogP contribution is -2.37. The van der Waals surface area contributed by atoms with Gasteiger partial charge in [0.1, 0.15) is 23.0 Å². The smallest absolute Gasteiger partial charge is 0.487 e. The summed E-state index contributed by atoms with van der Waals surface area (Å²) in [6.45, 7) is 33.2. The maximum absolute atomic E-state index is 12.4. The molecule has 0 aromatic heterocycles. The van der Waals surface area contributed by atoms with E-state index in [-0.39, 0.29) is 44.7 Å². The zero-order valence-electron chi connectivity index (χ0n) is 35.5. The molecule has 0 saturated carbocycles. The Morgan fingerprint density at radius 3 is 0.736 bits per heavy atom. The van der Waals surface area contributed by atoms with E-state index < -0.39 is 24.0 Å². The van der Waals surface area contributed by atoms with Crippen molar-refractivity contribution in [2.75, 3.05) is 7.11 Å². The molecule has 0 atom stereocenters. The fourth-order valence-corrected chi connectivity index (χ4v) is 11.3. The highest BCUT2D eigenvalue weighted by atomic mass is 27.2. The van der Waals surface area contributed by atoms with Crippen LogP contribution >= 0.6 is 0 Å². The Morgan fingerprint density at radius 1 is 0.396 bits per heavy atom. The van der Waals surface area contributed by atoms with E-state index in [2.05, 4.69) is 83.1 Å². The van der Waals surface area contributed by atoms with Crippen LogP contribution in [0, 0.1) is 27.7 Å². The monoisotopic (exact) mass is 736 g/mol. The Bertz CT molecular complexity index is 1710. The molecule has 0 spiro atoms. The van der Waals surface area contributed by atoms with Crippen molar-refractivity contribution < 1.29 is 24.2 Å². The lowest BCUT2D eigenvalue weighted by Gasteiger charge is -2.35. The maximum Gasteiger partial charge on any atom is 0.487 e. The summed E-state index contributed by atoms with van der Waals surface area (Å²) in [5, 5.41) is 49.7. The van der Waals surface area contributed by atoms with Crippen LogP contribution in [0.25, 0.3) is 0 Å². The summed E-state index contributed by atoms with van der Waals surface area (Å²) in [7, 11) is 1.71. The Hall–Kier alpha value is -3.43. The van der Waals surface area contributed by atoms with Crippen LogP contribution in [0.1, 0.15) is 159 Å². The van der Waals surface area contributed by atoms with Gasteiger partial charge in [-0.05, 0) is 93.9 Å². The standard InChI is InChI=1S/2C23H31O2.CH3O.Al/c2*1-14-9-16(20(24)18(11-14)22(3,4)5)13-17-10-15(2)12-19(21(17)25)23(6,7)8;1-2;/h2*9-13,24-25H,1-8H3;1H3;/q;;-1;+1. The second-order valence-electron chi connectivity index (χ2n) is 19.7. The van der Waals surface area contributed by atoms with E-state index in [1.807, 2.05) is 76.2 Å². The molecule has 4 N–H and O–H groups in total. The van der Waals surface area contributed by atoms with Gasteiger partial charge in [0.2, 0.25) is 0 Å². The van der Waals surface area contributed by atoms with Crippen LogP contribution in [0.2, 0.25) is 0 Å². The second-order valence-corrected chi connectivity index (χ2v) is 22.4. The van der Waals surface area contributed by atoms with Gasteiger partial charge in [0.25, 0.3) is 0 Å². The fraction of sp³-hybridized carbons (Fsp3) is 0.489. The number of phenols is 4. The summed E-state index contributed by atoms with van der Waals surface area (Å²) in [5.74, 6) is 0.694. The minimum Gasteiger partial charge on any atom is -0.507 e. The Labute approximate surface area is 324 Å². The molecule has 0 saturated heterocycles. The van der Waals surface area contributed by atoms with Gasteiger partial charge in [0.15, 0.2) is 0 Å². The summed E-state index contributed by atoms with van der Waals surface area (Å²) in [4.78, 5) is 0. The van der Waals surface area contributed by atoms with Crippen molar-refractivity contribution in [3.8, 4) is 23.0 Å². The van der Waals surface area contributed by atoms with Gasteiger partial charge in [-0.25, -0.2) is 0 Å². The predicted octanol–water partition coefficient (Wildman–Crippen LogP) is 11.6. The Kier molecular flexibility index (Phi) is 11.7. The van der Waals surface area contributed by atoms with Crippen molar-refractivity contribution in [1.29, 1.82) is 0 Å². The van der Waals surface area contributed by atoms with Gasteiger partial charge in [-0.2, -0.15) is 0 Å². The van der Waals surface area contributed by atoms with Gasteiger partial charge in [-0.3, -0.25) is 0 Å². The third kappa shape index (κ3) is 8.62. The van der Waals surface area contributed by atoms with Crippen LogP contribution in [0.15, 0.2) is 48.5 Å². The Morgan fingerprint density at radius 2 is 0.585 bits per heavy atom. The van der Waals surface area contributed by atoms with Crippen molar-refractivity contribution in [2.24, 2.45) is 0 Å². The molecular weight excluding hydrogens is 671 g/mol. The molecule has 0 fully saturated rings. The van der Waals surface area contributed by atoms with Crippen LogP contribution in [-0.2, 0) is 25.4 Å². The van der Waals surface area contributed by atoms with Crippen LogP contribution in [0.5, 0.6) is 23.0 Å². The molecule has 53 heavy (non-hydrogen) atoms. The van der Waals surface area contributed by atoms with Crippen LogP contribution in [-0.4, -0.2) is 42.0 Å². The lowest BCUT2D eigenvalue weighted by molar-refractivity contribution is 0.389. The SMILES string of the molecule is C[O][Al]([CH](c1cc(C)cc(C(C)(C)C)c1O)c1cc(C)cc(C(C)(C)C)c1O)[CH](c1cc(C)cc(C(C)(C)C)c1O)c1cc(C)cc(C(C)(C)C)c1O. The highest BCUT2D eigenvalue weighted by Crippen LogP contribution is 2.52. The maximum atomic E-state index is 12.4. The van der Waals surface area contributed by atoms with Gasteiger partial charge >= 0.3 is 14.5 Å². The van der Waals surface area contributed by atoms with Gasteiger partial charge in [0, 0.05) is 16.7 Å².